The van der Waals surface area contributed by atoms with E-state index in [1.54, 1.807) is 18.2 Å². The van der Waals surface area contributed by atoms with Gasteiger partial charge in [0, 0.05) is 11.1 Å². The lowest BCUT2D eigenvalue weighted by Crippen LogP contribution is -2.21. The van der Waals surface area contributed by atoms with Crippen molar-refractivity contribution < 1.29 is 8.78 Å². The van der Waals surface area contributed by atoms with Crippen molar-refractivity contribution in [3.05, 3.63) is 59.2 Å². The summed E-state index contributed by atoms with van der Waals surface area (Å²) in [7, 11) is 0. The van der Waals surface area contributed by atoms with Crippen molar-refractivity contribution in [2.75, 3.05) is 0 Å². The predicted octanol–water partition coefficient (Wildman–Crippen LogP) is 4.67. The van der Waals surface area contributed by atoms with Gasteiger partial charge in [-0.1, -0.05) is 37.3 Å². The maximum absolute atomic E-state index is 14.2. The Labute approximate surface area is 123 Å². The first-order chi connectivity index (χ1) is 10.1. The van der Waals surface area contributed by atoms with Crippen molar-refractivity contribution in [2.24, 2.45) is 5.41 Å². The molecule has 0 aliphatic heterocycles. The van der Waals surface area contributed by atoms with Crippen LogP contribution in [0, 0.1) is 34.4 Å². The normalized spacial score (nSPS) is 20.7. The third-order valence-electron chi connectivity index (χ3n) is 3.48. The summed E-state index contributed by atoms with van der Waals surface area (Å²) in [6.07, 6.45) is 4.65. The maximum atomic E-state index is 14.2. The van der Waals surface area contributed by atoms with E-state index in [1.165, 1.54) is 18.2 Å². The molecule has 1 aliphatic rings. The molecule has 1 aromatic carbocycles. The van der Waals surface area contributed by atoms with Crippen LogP contribution in [0.2, 0.25) is 0 Å². The Morgan fingerprint density at radius 1 is 1.29 bits per heavy atom. The average Bonchev–Trinajstić information content (AvgIpc) is 2.48. The molecule has 2 rings (SSSR count). The summed E-state index contributed by atoms with van der Waals surface area (Å²) in [4.78, 5) is 0. The minimum Gasteiger partial charge on any atom is -0.210 e. The molecule has 1 unspecified atom stereocenters. The molecule has 0 saturated heterocycles. The standard InChI is InChI=1S/C18H15F2N/c1-2-9-18(13-21)10-8-15(12-17(18)20)7-6-14-4-3-5-16(19)11-14/h3-5,8,11-12H,2,9-10H2,1H3. The quantitative estimate of drug-likeness (QED) is 0.723. The van der Waals surface area contributed by atoms with E-state index in [2.05, 4.69) is 17.9 Å². The van der Waals surface area contributed by atoms with Crippen molar-refractivity contribution in [2.45, 2.75) is 26.2 Å². The van der Waals surface area contributed by atoms with Gasteiger partial charge >= 0.3 is 0 Å². The molecule has 3 heteroatoms. The minimum atomic E-state index is -1.04. The van der Waals surface area contributed by atoms with E-state index >= 15 is 0 Å². The van der Waals surface area contributed by atoms with Crippen LogP contribution in [0.15, 0.2) is 47.8 Å². The molecule has 0 amide bonds. The molecule has 1 aromatic rings. The van der Waals surface area contributed by atoms with Gasteiger partial charge in [-0.2, -0.15) is 5.26 Å². The van der Waals surface area contributed by atoms with Gasteiger partial charge in [-0.15, -0.1) is 0 Å². The second-order valence-corrected chi connectivity index (χ2v) is 5.06. The fraction of sp³-hybridized carbons (Fsp3) is 0.278. The van der Waals surface area contributed by atoms with E-state index in [9.17, 15) is 14.0 Å². The summed E-state index contributed by atoms with van der Waals surface area (Å²) >= 11 is 0. The monoisotopic (exact) mass is 283 g/mol. The Hall–Kier alpha value is -2.39. The topological polar surface area (TPSA) is 23.8 Å². The molecular weight excluding hydrogens is 268 g/mol. The highest BCUT2D eigenvalue weighted by molar-refractivity contribution is 5.48. The van der Waals surface area contributed by atoms with Crippen LogP contribution in [-0.2, 0) is 0 Å². The smallest absolute Gasteiger partial charge is 0.124 e. The minimum absolute atomic E-state index is 0.326. The molecular formula is C18H15F2N. The Morgan fingerprint density at radius 2 is 2.10 bits per heavy atom. The molecule has 106 valence electrons. The zero-order valence-electron chi connectivity index (χ0n) is 11.8. The first kappa shape index (κ1) is 15.0. The number of nitrogens with zero attached hydrogens (tertiary/aromatic N) is 1. The van der Waals surface area contributed by atoms with Crippen LogP contribution in [0.3, 0.4) is 0 Å². The summed E-state index contributed by atoms with van der Waals surface area (Å²) in [5.74, 6) is 4.83. The number of hydrogen-bond donors (Lipinski definition) is 0. The van der Waals surface area contributed by atoms with Crippen LogP contribution < -0.4 is 0 Å². The summed E-state index contributed by atoms with van der Waals surface area (Å²) in [6.45, 7) is 1.93. The fourth-order valence-corrected chi connectivity index (χ4v) is 2.32. The second-order valence-electron chi connectivity index (χ2n) is 5.06. The zero-order chi connectivity index (χ0) is 15.3. The summed E-state index contributed by atoms with van der Waals surface area (Å²) in [6, 6.07) is 8.02. The van der Waals surface area contributed by atoms with Gasteiger partial charge in [-0.3, -0.25) is 0 Å². The number of nitriles is 1. The summed E-state index contributed by atoms with van der Waals surface area (Å²) < 4.78 is 27.2. The van der Waals surface area contributed by atoms with Gasteiger partial charge in [0.2, 0.25) is 0 Å². The Bertz CT molecular complexity index is 698. The third-order valence-corrected chi connectivity index (χ3v) is 3.48. The van der Waals surface area contributed by atoms with Crippen molar-refractivity contribution >= 4 is 0 Å². The molecule has 1 atom stereocenters. The van der Waals surface area contributed by atoms with Gasteiger partial charge in [0.15, 0.2) is 0 Å². The number of halogens is 2. The number of allylic oxidation sites excluding steroid dienone is 4. The van der Waals surface area contributed by atoms with Crippen molar-refractivity contribution in [3.8, 4) is 17.9 Å². The molecule has 0 radical (unpaired) electrons. The van der Waals surface area contributed by atoms with Crippen LogP contribution in [0.5, 0.6) is 0 Å². The van der Waals surface area contributed by atoms with E-state index in [1.807, 2.05) is 6.92 Å². The Balaban J connectivity index is 2.21. The van der Waals surface area contributed by atoms with Crippen molar-refractivity contribution in [1.82, 2.24) is 0 Å². The van der Waals surface area contributed by atoms with E-state index in [0.29, 0.717) is 24.0 Å². The van der Waals surface area contributed by atoms with Gasteiger partial charge in [0.1, 0.15) is 17.1 Å². The molecule has 21 heavy (non-hydrogen) atoms. The van der Waals surface area contributed by atoms with Gasteiger partial charge in [0.05, 0.1) is 6.07 Å². The fourth-order valence-electron chi connectivity index (χ4n) is 2.32. The molecule has 0 saturated carbocycles. The first-order valence-corrected chi connectivity index (χ1v) is 6.86. The molecule has 1 nitrogen and oxygen atoms in total. The Kier molecular flexibility index (Phi) is 4.55. The number of rotatable bonds is 2. The van der Waals surface area contributed by atoms with Crippen LogP contribution in [0.1, 0.15) is 31.7 Å². The predicted molar refractivity (Wildman–Crippen MR) is 78.1 cm³/mol. The molecule has 0 bridgehead atoms. The molecule has 0 heterocycles. The van der Waals surface area contributed by atoms with Gasteiger partial charge < -0.3 is 0 Å². The number of benzene rings is 1. The lowest BCUT2D eigenvalue weighted by molar-refractivity contribution is 0.342. The van der Waals surface area contributed by atoms with Gasteiger partial charge in [-0.05, 0) is 37.1 Å². The highest BCUT2D eigenvalue weighted by Crippen LogP contribution is 2.40. The molecule has 0 aromatic heterocycles. The summed E-state index contributed by atoms with van der Waals surface area (Å²) in [5.41, 5.74) is 0.0211. The first-order valence-electron chi connectivity index (χ1n) is 6.86. The van der Waals surface area contributed by atoms with E-state index in [4.69, 9.17) is 0 Å². The van der Waals surface area contributed by atoms with Crippen molar-refractivity contribution in [1.29, 1.82) is 5.26 Å². The highest BCUT2D eigenvalue weighted by atomic mass is 19.1. The third kappa shape index (κ3) is 3.38. The molecule has 0 fully saturated rings. The SMILES string of the molecule is CCCC1(C#N)CC=C(C#Cc2cccc(F)c2)C=C1F. The highest BCUT2D eigenvalue weighted by Gasteiger charge is 2.35. The summed E-state index contributed by atoms with van der Waals surface area (Å²) in [5, 5.41) is 9.23. The van der Waals surface area contributed by atoms with E-state index in [-0.39, 0.29) is 5.82 Å². The van der Waals surface area contributed by atoms with Crippen LogP contribution >= 0.6 is 0 Å². The van der Waals surface area contributed by atoms with Crippen molar-refractivity contribution in [3.63, 3.8) is 0 Å². The van der Waals surface area contributed by atoms with Crippen LogP contribution in [0.4, 0.5) is 8.78 Å². The van der Waals surface area contributed by atoms with Gasteiger partial charge in [0.25, 0.3) is 0 Å². The van der Waals surface area contributed by atoms with Crippen LogP contribution in [-0.4, -0.2) is 0 Å². The zero-order valence-corrected chi connectivity index (χ0v) is 11.8. The lowest BCUT2D eigenvalue weighted by Gasteiger charge is -2.25. The maximum Gasteiger partial charge on any atom is 0.124 e. The number of hydrogen-bond acceptors (Lipinski definition) is 1. The van der Waals surface area contributed by atoms with E-state index in [0.717, 1.165) is 6.42 Å². The van der Waals surface area contributed by atoms with E-state index < -0.39 is 11.2 Å². The second kappa shape index (κ2) is 6.37. The molecule has 1 aliphatic carbocycles. The Morgan fingerprint density at radius 3 is 2.71 bits per heavy atom. The molecule has 0 N–H and O–H groups in total. The average molecular weight is 283 g/mol. The van der Waals surface area contributed by atoms with Crippen LogP contribution in [0.25, 0.3) is 0 Å². The van der Waals surface area contributed by atoms with Gasteiger partial charge in [-0.25, -0.2) is 8.78 Å². The largest absolute Gasteiger partial charge is 0.210 e. The molecule has 0 spiro atoms. The lowest BCUT2D eigenvalue weighted by atomic mass is 9.77.